The van der Waals surface area contributed by atoms with Crippen LogP contribution in [0.15, 0.2) is 59.5 Å². The van der Waals surface area contributed by atoms with Gasteiger partial charge in [-0.3, -0.25) is 4.31 Å². The van der Waals surface area contributed by atoms with E-state index >= 15 is 0 Å². The van der Waals surface area contributed by atoms with Crippen LogP contribution in [0.3, 0.4) is 0 Å². The van der Waals surface area contributed by atoms with E-state index in [2.05, 4.69) is 0 Å². The number of nitrogens with zero attached hydrogens (tertiary/aromatic N) is 2. The van der Waals surface area contributed by atoms with Crippen LogP contribution in [0, 0.1) is 0 Å². The number of rotatable bonds is 6. The van der Waals surface area contributed by atoms with E-state index < -0.39 is 10.0 Å². The molecule has 0 radical (unpaired) electrons. The van der Waals surface area contributed by atoms with E-state index in [4.69, 9.17) is 11.6 Å². The number of likely N-dealkylation sites (N-methyl/N-ethyl adjacent to an activating group) is 1. The first-order valence-electron chi connectivity index (χ1n) is 6.90. The Hall–Kier alpha value is -1.56. The van der Waals surface area contributed by atoms with Crippen molar-refractivity contribution in [2.45, 2.75) is 4.90 Å². The Labute approximate surface area is 137 Å². The quantitative estimate of drug-likeness (QED) is 0.812. The number of halogens is 1. The van der Waals surface area contributed by atoms with Crippen molar-refractivity contribution in [2.24, 2.45) is 0 Å². The molecule has 0 saturated heterocycles. The summed E-state index contributed by atoms with van der Waals surface area (Å²) in [4.78, 5) is 2.07. The maximum absolute atomic E-state index is 13.0. The summed E-state index contributed by atoms with van der Waals surface area (Å²) in [7, 11) is 0.110. The molecule has 0 amide bonds. The Morgan fingerprint density at radius 2 is 1.50 bits per heavy atom. The number of hydrogen-bond donors (Lipinski definition) is 0. The molecule has 2 rings (SSSR count). The van der Waals surface area contributed by atoms with Crippen molar-refractivity contribution in [3.63, 3.8) is 0 Å². The summed E-state index contributed by atoms with van der Waals surface area (Å²) < 4.78 is 27.4. The summed E-state index contributed by atoms with van der Waals surface area (Å²) in [6, 6.07) is 15.6. The summed E-state index contributed by atoms with van der Waals surface area (Å²) >= 11 is 6.09. The van der Waals surface area contributed by atoms with Gasteiger partial charge in [-0.1, -0.05) is 41.9 Å². The molecule has 2 aromatic rings. The Morgan fingerprint density at radius 3 is 2.09 bits per heavy atom. The minimum Gasteiger partial charge on any atom is -0.308 e. The highest BCUT2D eigenvalue weighted by Gasteiger charge is 2.26. The highest BCUT2D eigenvalue weighted by Crippen LogP contribution is 2.28. The Balaban J connectivity index is 2.46. The van der Waals surface area contributed by atoms with Crippen molar-refractivity contribution in [1.29, 1.82) is 0 Å². The zero-order chi connectivity index (χ0) is 16.2. The third kappa shape index (κ3) is 3.80. The number of sulfonamides is 1. The van der Waals surface area contributed by atoms with E-state index in [1.165, 1.54) is 10.4 Å². The molecule has 0 saturated carbocycles. The predicted molar refractivity (Wildman–Crippen MR) is 91.0 cm³/mol. The molecule has 0 fully saturated rings. The lowest BCUT2D eigenvalue weighted by atomic mass is 10.3. The standard InChI is InChI=1S/C16H19ClN2O2S/c1-18(2)12-13-19(14-8-4-3-5-9-14)22(20,21)16-11-7-6-10-15(16)17/h3-11H,12-13H2,1-2H3. The maximum Gasteiger partial charge on any atom is 0.265 e. The molecule has 0 heterocycles. The third-order valence-corrected chi connectivity index (χ3v) is 5.53. The van der Waals surface area contributed by atoms with Gasteiger partial charge in [-0.15, -0.1) is 0 Å². The third-order valence-electron chi connectivity index (χ3n) is 3.20. The molecular weight excluding hydrogens is 320 g/mol. The van der Waals surface area contributed by atoms with Crippen LogP contribution < -0.4 is 4.31 Å². The van der Waals surface area contributed by atoms with Crippen LogP contribution in [0.4, 0.5) is 5.69 Å². The van der Waals surface area contributed by atoms with Crippen LogP contribution in [0.5, 0.6) is 0 Å². The second-order valence-corrected chi connectivity index (χ2v) is 7.38. The lowest BCUT2D eigenvalue weighted by Gasteiger charge is -2.26. The van der Waals surface area contributed by atoms with Crippen molar-refractivity contribution >= 4 is 27.3 Å². The number of benzene rings is 2. The van der Waals surface area contributed by atoms with Gasteiger partial charge in [-0.25, -0.2) is 8.42 Å². The van der Waals surface area contributed by atoms with Crippen molar-refractivity contribution in [3.05, 3.63) is 59.6 Å². The fourth-order valence-corrected chi connectivity index (χ4v) is 4.00. The van der Waals surface area contributed by atoms with Crippen LogP contribution in [0.1, 0.15) is 0 Å². The summed E-state index contributed by atoms with van der Waals surface area (Å²) in [6.45, 7) is 0.961. The van der Waals surface area contributed by atoms with Crippen molar-refractivity contribution < 1.29 is 8.42 Å². The molecule has 0 aliphatic carbocycles. The van der Waals surface area contributed by atoms with Crippen LogP contribution in [-0.4, -0.2) is 40.5 Å². The summed E-state index contributed by atoms with van der Waals surface area (Å²) in [6.07, 6.45) is 0. The lowest BCUT2D eigenvalue weighted by Crippen LogP contribution is -2.36. The molecule has 0 atom stereocenters. The molecule has 2 aromatic carbocycles. The van der Waals surface area contributed by atoms with E-state index in [9.17, 15) is 8.42 Å². The fourth-order valence-electron chi connectivity index (χ4n) is 2.05. The summed E-state index contributed by atoms with van der Waals surface area (Å²) in [5.41, 5.74) is 0.629. The van der Waals surface area contributed by atoms with Crippen molar-refractivity contribution in [2.75, 3.05) is 31.5 Å². The highest BCUT2D eigenvalue weighted by molar-refractivity contribution is 7.93. The summed E-state index contributed by atoms with van der Waals surface area (Å²) in [5, 5.41) is 0.230. The van der Waals surface area contributed by atoms with Crippen LogP contribution in [0.2, 0.25) is 5.02 Å². The molecular formula is C16H19ClN2O2S. The van der Waals surface area contributed by atoms with Crippen LogP contribution in [0.25, 0.3) is 0 Å². The van der Waals surface area contributed by atoms with Gasteiger partial charge in [0.1, 0.15) is 4.90 Å². The lowest BCUT2D eigenvalue weighted by molar-refractivity contribution is 0.419. The fraction of sp³-hybridized carbons (Fsp3) is 0.250. The van der Waals surface area contributed by atoms with Crippen LogP contribution in [-0.2, 0) is 10.0 Å². The van der Waals surface area contributed by atoms with Gasteiger partial charge in [0, 0.05) is 13.1 Å². The number of hydrogen-bond acceptors (Lipinski definition) is 3. The molecule has 6 heteroatoms. The Morgan fingerprint density at radius 1 is 0.909 bits per heavy atom. The van der Waals surface area contributed by atoms with E-state index in [0.29, 0.717) is 18.8 Å². The van der Waals surface area contributed by atoms with Crippen molar-refractivity contribution in [3.8, 4) is 0 Å². The minimum atomic E-state index is -3.71. The molecule has 0 aliphatic rings. The zero-order valence-corrected chi connectivity index (χ0v) is 14.2. The molecule has 0 unspecified atom stereocenters. The predicted octanol–water partition coefficient (Wildman–Crippen LogP) is 3.10. The highest BCUT2D eigenvalue weighted by atomic mass is 35.5. The molecule has 118 valence electrons. The first-order valence-corrected chi connectivity index (χ1v) is 8.72. The molecule has 22 heavy (non-hydrogen) atoms. The molecule has 0 N–H and O–H groups in total. The molecule has 0 aromatic heterocycles. The average Bonchev–Trinajstić information content (AvgIpc) is 2.48. The van der Waals surface area contributed by atoms with Gasteiger partial charge in [-0.2, -0.15) is 0 Å². The van der Waals surface area contributed by atoms with Gasteiger partial charge in [0.25, 0.3) is 10.0 Å². The second kappa shape index (κ2) is 7.13. The smallest absolute Gasteiger partial charge is 0.265 e. The van der Waals surface area contributed by atoms with Gasteiger partial charge in [0.05, 0.1) is 10.7 Å². The Kier molecular flexibility index (Phi) is 5.45. The van der Waals surface area contributed by atoms with E-state index in [1.807, 2.05) is 37.2 Å². The topological polar surface area (TPSA) is 40.6 Å². The van der Waals surface area contributed by atoms with E-state index in [-0.39, 0.29) is 9.92 Å². The van der Waals surface area contributed by atoms with Gasteiger partial charge in [0.2, 0.25) is 0 Å². The van der Waals surface area contributed by atoms with E-state index in [1.54, 1.807) is 30.3 Å². The first kappa shape index (κ1) is 16.8. The van der Waals surface area contributed by atoms with Gasteiger partial charge in [-0.05, 0) is 38.4 Å². The molecule has 0 bridgehead atoms. The largest absolute Gasteiger partial charge is 0.308 e. The van der Waals surface area contributed by atoms with Crippen molar-refractivity contribution in [1.82, 2.24) is 4.90 Å². The van der Waals surface area contributed by atoms with E-state index in [0.717, 1.165) is 0 Å². The zero-order valence-electron chi connectivity index (χ0n) is 12.6. The van der Waals surface area contributed by atoms with Gasteiger partial charge < -0.3 is 4.90 Å². The first-order chi connectivity index (χ1) is 10.4. The molecule has 0 aliphatic heterocycles. The Bertz CT molecular complexity index is 718. The monoisotopic (exact) mass is 338 g/mol. The maximum atomic E-state index is 13.0. The molecule has 0 spiro atoms. The number of para-hydroxylation sites is 1. The summed E-state index contributed by atoms with van der Waals surface area (Å²) in [5.74, 6) is 0. The number of anilines is 1. The normalized spacial score (nSPS) is 11.6. The minimum absolute atomic E-state index is 0.124. The molecule has 4 nitrogen and oxygen atoms in total. The van der Waals surface area contributed by atoms with Gasteiger partial charge >= 0.3 is 0 Å². The second-order valence-electron chi connectivity index (χ2n) is 5.15. The van der Waals surface area contributed by atoms with Gasteiger partial charge in [0.15, 0.2) is 0 Å². The SMILES string of the molecule is CN(C)CCN(c1ccccc1)S(=O)(=O)c1ccccc1Cl. The van der Waals surface area contributed by atoms with Crippen LogP contribution >= 0.6 is 11.6 Å². The average molecular weight is 339 g/mol.